The summed E-state index contributed by atoms with van der Waals surface area (Å²) in [5.41, 5.74) is 17.2. The smallest absolute Gasteiger partial charge is 0.0644 e. The lowest BCUT2D eigenvalue weighted by atomic mass is 9.63. The minimum Gasteiger partial charge on any atom is -0.0652 e. The van der Waals surface area contributed by atoms with Crippen LogP contribution in [0.2, 0.25) is 0 Å². The topological polar surface area (TPSA) is 0 Å². The number of fused-ring (bicyclic) bond motifs is 6. The van der Waals surface area contributed by atoms with E-state index in [-0.39, 0.29) is 5.92 Å². The lowest BCUT2D eigenvalue weighted by Gasteiger charge is -2.38. The molecule has 0 aliphatic heterocycles. The molecule has 5 aromatic rings. The van der Waals surface area contributed by atoms with E-state index in [9.17, 15) is 0 Å². The summed E-state index contributed by atoms with van der Waals surface area (Å²) < 4.78 is 0. The average Bonchev–Trinajstić information content (AvgIpc) is 3.51. The van der Waals surface area contributed by atoms with E-state index in [0.29, 0.717) is 0 Å². The summed E-state index contributed by atoms with van der Waals surface area (Å²) in [6, 6.07) is 45.5. The van der Waals surface area contributed by atoms with E-state index >= 15 is 0 Å². The molecular formula is C40H30. The molecule has 0 saturated heterocycles. The van der Waals surface area contributed by atoms with Crippen LogP contribution in [-0.4, -0.2) is 0 Å². The number of aryl methyl sites for hydroxylation is 2. The van der Waals surface area contributed by atoms with Gasteiger partial charge in [0.15, 0.2) is 0 Å². The highest BCUT2D eigenvalue weighted by molar-refractivity contribution is 6.08. The third kappa shape index (κ3) is 3.14. The molecule has 0 heterocycles. The predicted octanol–water partition coefficient (Wildman–Crippen LogP) is 9.82. The Bertz CT molecular complexity index is 1800. The molecule has 0 radical (unpaired) electrons. The first-order valence-corrected chi connectivity index (χ1v) is 14.2. The van der Waals surface area contributed by atoms with Crippen molar-refractivity contribution in [3.05, 3.63) is 190 Å². The molecule has 0 unspecified atom stereocenters. The van der Waals surface area contributed by atoms with Crippen LogP contribution in [0.15, 0.2) is 145 Å². The largest absolute Gasteiger partial charge is 0.0652 e. The summed E-state index contributed by atoms with van der Waals surface area (Å²) in [4.78, 5) is 0. The maximum absolute atomic E-state index is 2.44. The third-order valence-corrected chi connectivity index (χ3v) is 9.19. The van der Waals surface area contributed by atoms with Crippen LogP contribution in [0, 0.1) is 13.8 Å². The van der Waals surface area contributed by atoms with Gasteiger partial charge in [-0.1, -0.05) is 151 Å². The molecule has 8 rings (SSSR count). The Kier molecular flexibility index (Phi) is 5.03. The second kappa shape index (κ2) is 8.66. The van der Waals surface area contributed by atoms with Gasteiger partial charge in [-0.15, -0.1) is 0 Å². The fourth-order valence-corrected chi connectivity index (χ4v) is 7.38. The van der Waals surface area contributed by atoms with Gasteiger partial charge in [-0.05, 0) is 75.1 Å². The van der Waals surface area contributed by atoms with Gasteiger partial charge < -0.3 is 0 Å². The van der Waals surface area contributed by atoms with Crippen LogP contribution in [0.4, 0.5) is 0 Å². The molecule has 40 heavy (non-hydrogen) atoms. The minimum absolute atomic E-state index is 0.163. The lowest BCUT2D eigenvalue weighted by Crippen LogP contribution is -2.30. The Hall–Kier alpha value is -4.68. The molecule has 3 aliphatic carbocycles. The second-order valence-corrected chi connectivity index (χ2v) is 11.4. The van der Waals surface area contributed by atoms with Crippen molar-refractivity contribution in [1.82, 2.24) is 0 Å². The number of rotatable bonds is 3. The van der Waals surface area contributed by atoms with Gasteiger partial charge in [0.25, 0.3) is 0 Å². The molecule has 0 amide bonds. The molecule has 0 heteroatoms. The minimum atomic E-state index is -0.410. The molecule has 3 aliphatic rings. The maximum atomic E-state index is 2.44. The summed E-state index contributed by atoms with van der Waals surface area (Å²) in [5.74, 6) is 0.163. The molecule has 0 bridgehead atoms. The van der Waals surface area contributed by atoms with Crippen LogP contribution in [0.3, 0.4) is 0 Å². The monoisotopic (exact) mass is 510 g/mol. The predicted molar refractivity (Wildman–Crippen MR) is 167 cm³/mol. The summed E-state index contributed by atoms with van der Waals surface area (Å²) >= 11 is 0. The first kappa shape index (κ1) is 23.2. The second-order valence-electron chi connectivity index (χ2n) is 11.4. The molecule has 0 spiro atoms. The average molecular weight is 511 g/mol. The van der Waals surface area contributed by atoms with E-state index in [1.807, 2.05) is 0 Å². The van der Waals surface area contributed by atoms with Crippen molar-refractivity contribution in [3.63, 3.8) is 0 Å². The standard InChI is InChI=1S/C40H30/c1-26-17-21-28(22-18-26)40(29-23-19-27(2)20-24-29)25-9-16-36-32-12-5-8-15-35(32)38(39(36)40)37-33-13-6-3-10-30(33)31-11-4-7-14-34(31)37/h3-25,37H,1-2H3. The highest BCUT2D eigenvalue weighted by atomic mass is 14.5. The lowest BCUT2D eigenvalue weighted by molar-refractivity contribution is 0.776. The van der Waals surface area contributed by atoms with Crippen molar-refractivity contribution < 1.29 is 0 Å². The van der Waals surface area contributed by atoms with E-state index in [1.165, 1.54) is 72.4 Å². The fraction of sp³-hybridized carbons (Fsp3) is 0.100. The molecule has 0 atom stereocenters. The van der Waals surface area contributed by atoms with Gasteiger partial charge in [0.05, 0.1) is 5.41 Å². The first-order valence-electron chi connectivity index (χ1n) is 14.2. The van der Waals surface area contributed by atoms with Crippen LogP contribution in [0.5, 0.6) is 0 Å². The van der Waals surface area contributed by atoms with E-state index in [4.69, 9.17) is 0 Å². The van der Waals surface area contributed by atoms with Crippen molar-refractivity contribution in [3.8, 4) is 11.1 Å². The van der Waals surface area contributed by atoms with Gasteiger partial charge in [-0.3, -0.25) is 0 Å². The molecule has 0 aromatic heterocycles. The number of hydrogen-bond donors (Lipinski definition) is 0. The van der Waals surface area contributed by atoms with Crippen LogP contribution in [-0.2, 0) is 5.41 Å². The number of benzene rings is 5. The van der Waals surface area contributed by atoms with Crippen molar-refractivity contribution in [1.29, 1.82) is 0 Å². The van der Waals surface area contributed by atoms with Gasteiger partial charge in [-0.25, -0.2) is 0 Å². The van der Waals surface area contributed by atoms with Crippen LogP contribution in [0.25, 0.3) is 22.3 Å². The van der Waals surface area contributed by atoms with E-state index < -0.39 is 5.41 Å². The van der Waals surface area contributed by atoms with Gasteiger partial charge >= 0.3 is 0 Å². The molecule has 190 valence electrons. The van der Waals surface area contributed by atoms with Crippen molar-refractivity contribution in [2.24, 2.45) is 0 Å². The third-order valence-electron chi connectivity index (χ3n) is 9.19. The fourth-order valence-electron chi connectivity index (χ4n) is 7.38. The zero-order valence-electron chi connectivity index (χ0n) is 22.9. The van der Waals surface area contributed by atoms with Crippen molar-refractivity contribution >= 4 is 11.1 Å². The molecular weight excluding hydrogens is 480 g/mol. The van der Waals surface area contributed by atoms with Crippen LogP contribution in [0.1, 0.15) is 50.4 Å². The SMILES string of the molecule is Cc1ccc(C2(c3ccc(C)cc3)C=CC=C3C2=C(C2c4ccccc4-c4ccccc42)c2ccccc23)cc1. The maximum Gasteiger partial charge on any atom is 0.0644 e. The van der Waals surface area contributed by atoms with Gasteiger partial charge in [0, 0.05) is 5.92 Å². The quantitative estimate of drug-likeness (QED) is 0.227. The normalized spacial score (nSPS) is 16.3. The summed E-state index contributed by atoms with van der Waals surface area (Å²) in [5, 5.41) is 0. The molecule has 0 nitrogen and oxygen atoms in total. The molecule has 0 fully saturated rings. The Morgan fingerprint density at radius 2 is 0.975 bits per heavy atom. The number of hydrogen-bond acceptors (Lipinski definition) is 0. The van der Waals surface area contributed by atoms with E-state index in [1.54, 1.807) is 0 Å². The van der Waals surface area contributed by atoms with Gasteiger partial charge in [0.2, 0.25) is 0 Å². The zero-order chi connectivity index (χ0) is 26.8. The summed E-state index contributed by atoms with van der Waals surface area (Å²) in [6.07, 6.45) is 7.07. The van der Waals surface area contributed by atoms with Crippen LogP contribution >= 0.6 is 0 Å². The first-order chi connectivity index (χ1) is 19.7. The highest BCUT2D eigenvalue weighted by Crippen LogP contribution is 2.62. The summed E-state index contributed by atoms with van der Waals surface area (Å²) in [7, 11) is 0. The molecule has 5 aromatic carbocycles. The Morgan fingerprint density at radius 1 is 0.500 bits per heavy atom. The molecule has 0 N–H and O–H groups in total. The highest BCUT2D eigenvalue weighted by Gasteiger charge is 2.47. The van der Waals surface area contributed by atoms with E-state index in [0.717, 1.165) is 0 Å². The van der Waals surface area contributed by atoms with Crippen molar-refractivity contribution in [2.75, 3.05) is 0 Å². The van der Waals surface area contributed by atoms with Crippen molar-refractivity contribution in [2.45, 2.75) is 25.2 Å². The van der Waals surface area contributed by atoms with Gasteiger partial charge in [-0.2, -0.15) is 0 Å². The number of allylic oxidation sites excluding steroid dienone is 6. The Morgan fingerprint density at radius 3 is 1.52 bits per heavy atom. The summed E-state index contributed by atoms with van der Waals surface area (Å²) in [6.45, 7) is 4.35. The Balaban J connectivity index is 1.52. The zero-order valence-corrected chi connectivity index (χ0v) is 22.9. The van der Waals surface area contributed by atoms with Crippen LogP contribution < -0.4 is 0 Å². The van der Waals surface area contributed by atoms with E-state index in [2.05, 4.69) is 153 Å². The van der Waals surface area contributed by atoms with Gasteiger partial charge in [0.1, 0.15) is 0 Å². The molecule has 0 saturated carbocycles. The Labute approximate surface area is 236 Å².